The van der Waals surface area contributed by atoms with E-state index in [4.69, 9.17) is 14.2 Å². The molecule has 11 nitrogen and oxygen atoms in total. The number of piperidine rings is 1. The van der Waals surface area contributed by atoms with Gasteiger partial charge in [-0.1, -0.05) is 18.2 Å². The molecule has 0 radical (unpaired) electrons. The Balaban J connectivity index is 0.880. The van der Waals surface area contributed by atoms with Crippen molar-refractivity contribution in [3.63, 3.8) is 0 Å². The van der Waals surface area contributed by atoms with E-state index in [2.05, 4.69) is 45.5 Å². The second kappa shape index (κ2) is 16.3. The molecule has 2 fully saturated rings. The molecule has 2 aromatic heterocycles. The van der Waals surface area contributed by atoms with E-state index in [1.807, 2.05) is 31.0 Å². The first-order valence-electron chi connectivity index (χ1n) is 17.8. The predicted molar refractivity (Wildman–Crippen MR) is 199 cm³/mol. The Bertz CT molecular complexity index is 2090. The first kappa shape index (κ1) is 37.6. The van der Waals surface area contributed by atoms with Gasteiger partial charge in [-0.15, -0.1) is 0 Å². The molecule has 2 N–H and O–H groups in total. The van der Waals surface area contributed by atoms with Crippen LogP contribution in [0.3, 0.4) is 0 Å². The Hall–Kier alpha value is -5.14. The Morgan fingerprint density at radius 3 is 2.38 bits per heavy atom. The molecule has 3 heterocycles. The van der Waals surface area contributed by atoms with Crippen molar-refractivity contribution in [3.05, 3.63) is 76.4 Å². The normalized spacial score (nSPS) is 18.7. The number of carboxylic acid groups (broad SMARTS) is 2. The van der Waals surface area contributed by atoms with E-state index < -0.39 is 24.5 Å². The Labute approximate surface area is 305 Å². The van der Waals surface area contributed by atoms with Gasteiger partial charge in [-0.05, 0) is 68.8 Å². The van der Waals surface area contributed by atoms with E-state index in [-0.39, 0.29) is 48.9 Å². The van der Waals surface area contributed by atoms with E-state index in [9.17, 15) is 28.6 Å². The summed E-state index contributed by atoms with van der Waals surface area (Å²) >= 11 is 0. The monoisotopic (exact) mass is 730 g/mol. The quantitative estimate of drug-likeness (QED) is 0.113. The second-order valence-electron chi connectivity index (χ2n) is 13.6. The minimum Gasteiger partial charge on any atom is -0.478 e. The topological polar surface area (TPSA) is 136 Å². The molecule has 0 bridgehead atoms. The number of hydrogen-bond donors (Lipinski definition) is 2. The molecule has 6 rings (SSSR count). The third kappa shape index (κ3) is 8.74. The molecule has 0 unspecified atom stereocenters. The number of nitrogens with zero attached hydrogens (tertiary/aromatic N) is 4. The number of aromatic nitrogens is 2. The molecule has 0 spiro atoms. The lowest BCUT2D eigenvalue weighted by Gasteiger charge is -2.35. The maximum absolute atomic E-state index is 14.6. The van der Waals surface area contributed by atoms with E-state index in [0.717, 1.165) is 32.6 Å². The van der Waals surface area contributed by atoms with Crippen molar-refractivity contribution in [2.75, 3.05) is 31.2 Å². The van der Waals surface area contributed by atoms with Gasteiger partial charge in [0.1, 0.15) is 12.7 Å². The third-order valence-corrected chi connectivity index (χ3v) is 10.0. The molecule has 0 atom stereocenters. The summed E-state index contributed by atoms with van der Waals surface area (Å²) in [5.74, 6) is -5.09. The van der Waals surface area contributed by atoms with E-state index in [1.54, 1.807) is 18.5 Å². The summed E-state index contributed by atoms with van der Waals surface area (Å²) in [5, 5.41) is 21.9. The van der Waals surface area contributed by atoms with Crippen LogP contribution >= 0.6 is 0 Å². The molecule has 2 aliphatic rings. The Morgan fingerprint density at radius 1 is 0.981 bits per heavy atom. The van der Waals surface area contributed by atoms with Gasteiger partial charge in [-0.25, -0.2) is 23.4 Å². The van der Waals surface area contributed by atoms with Crippen molar-refractivity contribution < 1.29 is 42.8 Å². The minimum atomic E-state index is -2.99. The van der Waals surface area contributed by atoms with Gasteiger partial charge in [-0.2, -0.15) is 0 Å². The number of fused-ring (bicyclic) bond motifs is 1. The maximum atomic E-state index is 14.6. The number of aryl methyl sites for hydroxylation is 1. The summed E-state index contributed by atoms with van der Waals surface area (Å²) in [6, 6.07) is 14.3. The van der Waals surface area contributed by atoms with Gasteiger partial charge >= 0.3 is 11.9 Å². The maximum Gasteiger partial charge on any atom is 0.336 e. The van der Waals surface area contributed by atoms with Crippen LogP contribution in [-0.2, 0) is 16.5 Å². The number of ether oxygens (including phenoxy) is 3. The lowest BCUT2D eigenvalue weighted by Crippen LogP contribution is -2.40. The SMILES string of the molecule is C=N/C=c1\c(=C/C)n(C)c2cc(-c3ccc(OC4CC(OCCCC(F)(F)COC5CCN(c6ccc(C(=O)O)c(C(=O)O)c6)CC5)C4)nc3)ccc12. The van der Waals surface area contributed by atoms with Crippen molar-refractivity contribution in [2.45, 2.75) is 69.7 Å². The highest BCUT2D eigenvalue weighted by atomic mass is 19.3. The molecular formula is C40H44F2N4O7. The zero-order valence-electron chi connectivity index (χ0n) is 29.8. The lowest BCUT2D eigenvalue weighted by molar-refractivity contribution is -0.114. The van der Waals surface area contributed by atoms with Crippen LogP contribution in [0.1, 0.15) is 66.2 Å². The van der Waals surface area contributed by atoms with Crippen LogP contribution in [0.2, 0.25) is 0 Å². The zero-order chi connectivity index (χ0) is 37.7. The summed E-state index contributed by atoms with van der Waals surface area (Å²) in [5.41, 5.74) is 3.09. The summed E-state index contributed by atoms with van der Waals surface area (Å²) in [6.07, 6.45) is 7.39. The predicted octanol–water partition coefficient (Wildman–Crippen LogP) is 5.90. The van der Waals surface area contributed by atoms with E-state index >= 15 is 0 Å². The van der Waals surface area contributed by atoms with Crippen LogP contribution in [0.15, 0.2) is 59.7 Å². The van der Waals surface area contributed by atoms with Crippen LogP contribution in [0.4, 0.5) is 14.5 Å². The number of hydrogen-bond acceptors (Lipinski definition) is 8. The molecule has 0 amide bonds. The van der Waals surface area contributed by atoms with Crippen LogP contribution in [0, 0.1) is 0 Å². The second-order valence-corrected chi connectivity index (χ2v) is 13.6. The number of carboxylic acids is 2. The van der Waals surface area contributed by atoms with Crippen molar-refractivity contribution in [2.24, 2.45) is 12.0 Å². The summed E-state index contributed by atoms with van der Waals surface area (Å²) in [4.78, 5) is 33.3. The standard InChI is InChI=1S/C40H44F2N4O7/c1-4-35-34(23-43-2)31-9-6-25(18-36(31)45(35)3)26-7-11-37(44-22-26)53-30-20-29(21-30)51-17-5-14-40(41,42)24-52-28-12-15-46(16-13-28)27-8-10-32(38(47)48)33(19-27)39(49)50/h4,6-11,18-19,22-23,28-30H,2,5,12-17,20-21,24H2,1,3H3,(H,47,48)(H,49,50)/b34-23-,35-4+. The van der Waals surface area contributed by atoms with E-state index in [0.29, 0.717) is 50.3 Å². The number of aromatic carboxylic acids is 2. The average Bonchev–Trinajstić information content (AvgIpc) is 3.40. The first-order chi connectivity index (χ1) is 25.5. The molecule has 280 valence electrons. The number of anilines is 1. The smallest absolute Gasteiger partial charge is 0.336 e. The Kier molecular flexibility index (Phi) is 11.5. The fourth-order valence-corrected chi connectivity index (χ4v) is 7.05. The van der Waals surface area contributed by atoms with Crippen LogP contribution in [0.25, 0.3) is 34.3 Å². The fraction of sp³-hybridized carbons (Fsp3) is 0.400. The van der Waals surface area contributed by atoms with Gasteiger partial charge in [-0.3, -0.25) is 4.99 Å². The van der Waals surface area contributed by atoms with Gasteiger partial charge in [0.05, 0.1) is 23.3 Å². The molecule has 1 aliphatic heterocycles. The van der Waals surface area contributed by atoms with Crippen molar-refractivity contribution in [3.8, 4) is 17.0 Å². The number of alkyl halides is 2. The fourth-order valence-electron chi connectivity index (χ4n) is 7.05. The number of halogens is 2. The molecular weight excluding hydrogens is 686 g/mol. The van der Waals surface area contributed by atoms with Crippen molar-refractivity contribution >= 4 is 47.5 Å². The van der Waals surface area contributed by atoms with Gasteiger partial charge < -0.3 is 33.9 Å². The number of pyridine rings is 1. The van der Waals surface area contributed by atoms with Crippen molar-refractivity contribution in [1.29, 1.82) is 0 Å². The number of aliphatic imine (C=N–C) groups is 1. The minimum absolute atomic E-state index is 0.0399. The summed E-state index contributed by atoms with van der Waals surface area (Å²) < 4.78 is 48.8. The number of rotatable bonds is 15. The molecule has 2 aromatic carbocycles. The highest BCUT2D eigenvalue weighted by Gasteiger charge is 2.34. The number of benzene rings is 2. The molecule has 1 saturated heterocycles. The molecule has 1 aliphatic carbocycles. The summed E-state index contributed by atoms with van der Waals surface area (Å²) in [6.45, 7) is 6.11. The highest BCUT2D eigenvalue weighted by Crippen LogP contribution is 2.31. The molecule has 13 heteroatoms. The summed E-state index contributed by atoms with van der Waals surface area (Å²) in [7, 11) is 2.03. The van der Waals surface area contributed by atoms with Gasteiger partial charge in [0.15, 0.2) is 0 Å². The van der Waals surface area contributed by atoms with Crippen LogP contribution in [0.5, 0.6) is 5.88 Å². The largest absolute Gasteiger partial charge is 0.478 e. The van der Waals surface area contributed by atoms with E-state index in [1.165, 1.54) is 12.1 Å². The van der Waals surface area contributed by atoms with Crippen molar-refractivity contribution in [1.82, 2.24) is 9.55 Å². The molecule has 4 aromatic rings. The van der Waals surface area contributed by atoms with Gasteiger partial charge in [0, 0.05) is 97.2 Å². The van der Waals surface area contributed by atoms with Crippen LogP contribution in [-0.4, -0.2) is 89.0 Å². The zero-order valence-corrected chi connectivity index (χ0v) is 29.8. The lowest BCUT2D eigenvalue weighted by atomic mass is 9.92. The Morgan fingerprint density at radius 2 is 1.72 bits per heavy atom. The molecule has 53 heavy (non-hydrogen) atoms. The highest BCUT2D eigenvalue weighted by molar-refractivity contribution is 6.02. The average molecular weight is 731 g/mol. The van der Waals surface area contributed by atoms with Crippen LogP contribution < -0.4 is 20.2 Å². The number of carbonyl (C=O) groups is 2. The van der Waals surface area contributed by atoms with Gasteiger partial charge in [0.2, 0.25) is 5.88 Å². The van der Waals surface area contributed by atoms with Gasteiger partial charge in [0.25, 0.3) is 5.92 Å². The first-order valence-corrected chi connectivity index (χ1v) is 17.8. The molecule has 1 saturated carbocycles. The third-order valence-electron chi connectivity index (χ3n) is 10.0.